The van der Waals surface area contributed by atoms with Crippen LogP contribution in [0.5, 0.6) is 0 Å². The number of carbonyl (C=O) groups excluding carboxylic acids is 1. The van der Waals surface area contributed by atoms with Crippen molar-refractivity contribution in [3.8, 4) is 0 Å². The van der Waals surface area contributed by atoms with Gasteiger partial charge < -0.3 is 4.74 Å². The molecule has 0 amide bonds. The third kappa shape index (κ3) is 17.0. The molecule has 2 nitrogen and oxygen atoms in total. The summed E-state index contributed by atoms with van der Waals surface area (Å²) in [6.07, 6.45) is 20.7. The van der Waals surface area contributed by atoms with E-state index in [2.05, 4.69) is 36.0 Å². The van der Waals surface area contributed by atoms with Crippen molar-refractivity contribution in [3.05, 3.63) is 24.3 Å². The van der Waals surface area contributed by atoms with E-state index >= 15 is 0 Å². The van der Waals surface area contributed by atoms with E-state index in [9.17, 15) is 4.79 Å². The predicted molar refractivity (Wildman–Crippen MR) is 96.0 cm³/mol. The Balaban J connectivity index is 3.54. The summed E-state index contributed by atoms with van der Waals surface area (Å²) in [5, 5.41) is 0. The molecule has 0 saturated carbocycles. The van der Waals surface area contributed by atoms with Crippen LogP contribution in [0.15, 0.2) is 24.3 Å². The zero-order valence-corrected chi connectivity index (χ0v) is 14.1. The molecule has 22 heavy (non-hydrogen) atoms. The van der Waals surface area contributed by atoms with Crippen LogP contribution in [0.3, 0.4) is 0 Å². The molecule has 0 aliphatic carbocycles. The Hall–Kier alpha value is -1.05. The second-order valence-electron chi connectivity index (χ2n) is 5.56. The molecule has 0 spiro atoms. The number of ether oxygens (including phenoxy) is 1. The van der Waals surface area contributed by atoms with Crippen molar-refractivity contribution in [2.75, 3.05) is 6.56 Å². The first-order chi connectivity index (χ1) is 12.7. The highest BCUT2D eigenvalue weighted by Gasteiger charge is 2.00. The van der Waals surface area contributed by atoms with Gasteiger partial charge >= 0.3 is 5.97 Å². The summed E-state index contributed by atoms with van der Waals surface area (Å²) in [7, 11) is 0. The maximum atomic E-state index is 11.5. The lowest BCUT2D eigenvalue weighted by molar-refractivity contribution is -0.143. The molecule has 0 aromatic carbocycles. The normalized spacial score (nSPS) is 16.1. The van der Waals surface area contributed by atoms with Gasteiger partial charge in [-0.1, -0.05) is 63.3 Å². The molecular formula is C20H36O2. The third-order valence-corrected chi connectivity index (χ3v) is 3.50. The number of unbranched alkanes of at least 4 members (excludes halogenated alkanes) is 8. The standard InChI is InChI=1S/C20H36O2/c1-3-5-6-7-8-9-10-11-12-13-14-15-16-17-18-19-20(21)22-4-2/h8-9,11-12H,3-7,10,13-19H2,1-2H3/b9-8-,12-11-/i2D3,4D2. The van der Waals surface area contributed by atoms with Gasteiger partial charge in [0.1, 0.15) is 0 Å². The van der Waals surface area contributed by atoms with Crippen LogP contribution in [0.25, 0.3) is 0 Å². The van der Waals surface area contributed by atoms with Gasteiger partial charge in [-0.15, -0.1) is 0 Å². The van der Waals surface area contributed by atoms with Gasteiger partial charge in [-0.25, -0.2) is 0 Å². The van der Waals surface area contributed by atoms with E-state index in [1.54, 1.807) is 0 Å². The smallest absolute Gasteiger partial charge is 0.305 e. The lowest BCUT2D eigenvalue weighted by Crippen LogP contribution is -2.03. The Labute approximate surface area is 145 Å². The lowest BCUT2D eigenvalue weighted by atomic mass is 10.1. The topological polar surface area (TPSA) is 26.3 Å². The van der Waals surface area contributed by atoms with Crippen molar-refractivity contribution in [3.63, 3.8) is 0 Å². The van der Waals surface area contributed by atoms with E-state index < -0.39 is 19.4 Å². The van der Waals surface area contributed by atoms with E-state index in [1.165, 1.54) is 25.7 Å². The summed E-state index contributed by atoms with van der Waals surface area (Å²) in [5.74, 6) is -0.790. The quantitative estimate of drug-likeness (QED) is 0.200. The monoisotopic (exact) mass is 313 g/mol. The fraction of sp³-hybridized carbons (Fsp3) is 0.750. The summed E-state index contributed by atoms with van der Waals surface area (Å²) < 4.78 is 39.9. The maximum Gasteiger partial charge on any atom is 0.305 e. The number of hydrogen-bond donors (Lipinski definition) is 0. The maximum absolute atomic E-state index is 11.5. The van der Waals surface area contributed by atoms with E-state index in [-0.39, 0.29) is 6.42 Å². The second kappa shape index (κ2) is 18.0. The molecular weight excluding hydrogens is 272 g/mol. The van der Waals surface area contributed by atoms with Gasteiger partial charge in [0.25, 0.3) is 0 Å². The molecule has 0 N–H and O–H groups in total. The van der Waals surface area contributed by atoms with Crippen LogP contribution in [-0.2, 0) is 9.53 Å². The number of rotatable bonds is 15. The van der Waals surface area contributed by atoms with Gasteiger partial charge in [-0.05, 0) is 45.4 Å². The molecule has 0 atom stereocenters. The molecule has 0 aliphatic heterocycles. The molecule has 0 bridgehead atoms. The molecule has 0 aliphatic rings. The van der Waals surface area contributed by atoms with Gasteiger partial charge in [-0.3, -0.25) is 4.79 Å². The van der Waals surface area contributed by atoms with Crippen molar-refractivity contribution in [1.82, 2.24) is 0 Å². The minimum atomic E-state index is -2.96. The fourth-order valence-electron chi connectivity index (χ4n) is 2.19. The van der Waals surface area contributed by atoms with Crippen LogP contribution in [0, 0.1) is 0 Å². The first-order valence-corrected chi connectivity index (χ1v) is 8.72. The average molecular weight is 314 g/mol. The van der Waals surface area contributed by atoms with Gasteiger partial charge in [-0.2, -0.15) is 0 Å². The molecule has 0 aromatic heterocycles. The number of hydrogen-bond acceptors (Lipinski definition) is 2. The minimum absolute atomic E-state index is 0.0556. The highest BCUT2D eigenvalue weighted by Crippen LogP contribution is 2.08. The molecule has 0 saturated heterocycles. The van der Waals surface area contributed by atoms with Crippen molar-refractivity contribution in [2.45, 2.75) is 90.8 Å². The van der Waals surface area contributed by atoms with Crippen LogP contribution in [0.4, 0.5) is 0 Å². The van der Waals surface area contributed by atoms with Gasteiger partial charge in [0.15, 0.2) is 0 Å². The first-order valence-electron chi connectivity index (χ1n) is 11.2. The largest absolute Gasteiger partial charge is 0.466 e. The number of allylic oxidation sites excluding steroid dienone is 4. The third-order valence-electron chi connectivity index (χ3n) is 3.50. The second-order valence-corrected chi connectivity index (χ2v) is 5.56. The Morgan fingerprint density at radius 1 is 0.955 bits per heavy atom. The zero-order valence-electron chi connectivity index (χ0n) is 19.1. The molecule has 0 heterocycles. The van der Waals surface area contributed by atoms with Crippen LogP contribution in [0.2, 0.25) is 0 Å². The van der Waals surface area contributed by atoms with Gasteiger partial charge in [0, 0.05) is 10.5 Å². The van der Waals surface area contributed by atoms with Crippen LogP contribution in [-0.4, -0.2) is 12.5 Å². The van der Waals surface area contributed by atoms with E-state index in [1.807, 2.05) is 0 Å². The SMILES string of the molecule is [2H]C([2H])([2H])C([2H])([2H])OC(=O)CCCCCCC/C=C\C/C=C\CCCCC. The Morgan fingerprint density at radius 2 is 1.59 bits per heavy atom. The van der Waals surface area contributed by atoms with Crippen molar-refractivity contribution in [1.29, 1.82) is 0 Å². The number of esters is 1. The van der Waals surface area contributed by atoms with Crippen molar-refractivity contribution < 1.29 is 16.4 Å². The Bertz CT molecular complexity index is 442. The van der Waals surface area contributed by atoms with E-state index in [0.29, 0.717) is 6.42 Å². The highest BCUT2D eigenvalue weighted by molar-refractivity contribution is 5.69. The van der Waals surface area contributed by atoms with E-state index in [4.69, 9.17) is 6.85 Å². The summed E-state index contributed by atoms with van der Waals surface area (Å²) in [4.78, 5) is 11.5. The molecule has 128 valence electrons. The van der Waals surface area contributed by atoms with Crippen LogP contribution in [0.1, 0.15) is 97.7 Å². The molecule has 2 heteroatoms. The number of carbonyl (C=O) groups is 1. The predicted octanol–water partition coefficient (Wildman–Crippen LogP) is 6.36. The molecule has 0 radical (unpaired) electrons. The minimum Gasteiger partial charge on any atom is -0.466 e. The fourth-order valence-corrected chi connectivity index (χ4v) is 2.19. The Morgan fingerprint density at radius 3 is 2.27 bits per heavy atom. The van der Waals surface area contributed by atoms with Crippen LogP contribution >= 0.6 is 0 Å². The Kier molecular flexibility index (Phi) is 11.0. The van der Waals surface area contributed by atoms with Gasteiger partial charge in [0.05, 0.1) is 9.30 Å². The first kappa shape index (κ1) is 13.4. The van der Waals surface area contributed by atoms with Gasteiger partial charge in [0.2, 0.25) is 0 Å². The summed E-state index contributed by atoms with van der Waals surface area (Å²) >= 11 is 0. The summed E-state index contributed by atoms with van der Waals surface area (Å²) in [6.45, 7) is -3.66. The van der Waals surface area contributed by atoms with Crippen molar-refractivity contribution >= 4 is 5.97 Å². The summed E-state index contributed by atoms with van der Waals surface area (Å²) in [6, 6.07) is 0. The molecule has 0 rings (SSSR count). The molecule has 0 aromatic rings. The molecule has 0 unspecified atom stereocenters. The zero-order chi connectivity index (χ0) is 20.6. The van der Waals surface area contributed by atoms with Crippen molar-refractivity contribution in [2.24, 2.45) is 0 Å². The molecule has 0 fully saturated rings. The van der Waals surface area contributed by atoms with Crippen LogP contribution < -0.4 is 0 Å². The highest BCUT2D eigenvalue weighted by atomic mass is 16.5. The van der Waals surface area contributed by atoms with E-state index in [0.717, 1.165) is 38.5 Å². The summed E-state index contributed by atoms with van der Waals surface area (Å²) in [5.41, 5.74) is 0. The average Bonchev–Trinajstić information content (AvgIpc) is 2.57. The lowest BCUT2D eigenvalue weighted by Gasteiger charge is -2.01.